The number of nitrogen functional groups attached to an aromatic ring is 1. The van der Waals surface area contributed by atoms with Gasteiger partial charge in [0.2, 0.25) is 0 Å². The molecule has 0 spiro atoms. The molecule has 0 radical (unpaired) electrons. The Hall–Kier alpha value is -1.44. The summed E-state index contributed by atoms with van der Waals surface area (Å²) < 4.78 is 35.9. The van der Waals surface area contributed by atoms with Crippen LogP contribution in [0.1, 0.15) is 9.67 Å². The number of carbonyl (C=O) groups excluding carboxylic acids is 1. The quantitative estimate of drug-likeness (QED) is 0.880. The molecule has 0 aromatic carbocycles. The van der Waals surface area contributed by atoms with Gasteiger partial charge in [0.1, 0.15) is 11.4 Å². The number of thiophene rings is 1. The van der Waals surface area contributed by atoms with Crippen LogP contribution in [0, 0.1) is 0 Å². The summed E-state index contributed by atoms with van der Waals surface area (Å²) in [5, 5.41) is 2.41. The zero-order valence-corrected chi connectivity index (χ0v) is 10.1. The number of halogens is 3. The number of rotatable bonds is 3. The van der Waals surface area contributed by atoms with Crippen LogP contribution in [-0.2, 0) is 0 Å². The minimum Gasteiger partial charge on any atom is -0.397 e. The molecule has 0 saturated carbocycles. The fourth-order valence-electron chi connectivity index (χ4n) is 1.05. The van der Waals surface area contributed by atoms with Gasteiger partial charge in [-0.25, -0.2) is 0 Å². The smallest absolute Gasteiger partial charge is 0.397 e. The topological polar surface area (TPSA) is 58.4 Å². The van der Waals surface area contributed by atoms with Gasteiger partial charge in [-0.1, -0.05) is 0 Å². The lowest BCUT2D eigenvalue weighted by Gasteiger charge is -2.08. The molecule has 1 aromatic rings. The summed E-state index contributed by atoms with van der Waals surface area (Å²) in [5.41, 5.74) is 5.74. The van der Waals surface area contributed by atoms with Gasteiger partial charge in [-0.05, 0) is 6.07 Å². The Bertz CT molecular complexity index is 414. The van der Waals surface area contributed by atoms with Crippen LogP contribution in [0.3, 0.4) is 0 Å². The molecule has 1 amide bonds. The predicted octanol–water partition coefficient (Wildman–Crippen LogP) is 2.01. The van der Waals surface area contributed by atoms with Gasteiger partial charge >= 0.3 is 6.18 Å². The Morgan fingerprint density at radius 3 is 2.59 bits per heavy atom. The van der Waals surface area contributed by atoms with Crippen LogP contribution in [0.5, 0.6) is 0 Å². The van der Waals surface area contributed by atoms with E-state index in [-0.39, 0.29) is 21.5 Å². The number of nitrogens with one attached hydrogen (secondary N) is 1. The maximum atomic E-state index is 12.0. The molecule has 3 N–H and O–H groups in total. The Morgan fingerprint density at radius 1 is 1.53 bits per heavy atom. The average molecular weight is 267 g/mol. The minimum atomic E-state index is -4.30. The third kappa shape index (κ3) is 3.81. The lowest BCUT2D eigenvalue weighted by atomic mass is 10.3. The molecule has 96 valence electrons. The van der Waals surface area contributed by atoms with Crippen molar-refractivity contribution in [3.63, 3.8) is 0 Å². The minimum absolute atomic E-state index is 0.179. The molecule has 0 bridgehead atoms. The number of alkyl halides is 3. The van der Waals surface area contributed by atoms with Crippen molar-refractivity contribution >= 4 is 27.9 Å². The van der Waals surface area contributed by atoms with Crippen LogP contribution < -0.4 is 11.1 Å². The second kappa shape index (κ2) is 4.82. The molecular weight excluding hydrogens is 255 g/mol. The van der Waals surface area contributed by atoms with Gasteiger partial charge in [0, 0.05) is 14.1 Å². The van der Waals surface area contributed by atoms with Crippen LogP contribution >= 0.6 is 11.3 Å². The maximum Gasteiger partial charge on any atom is 0.405 e. The standard InChI is InChI=1S/C9H12F3N3OS/c1-15(2)8(16)7-5(13)3-6(17-7)14-4-9(10,11)12/h3,14H,4,13H2,1-2H3. The van der Waals surface area contributed by atoms with Crippen molar-refractivity contribution in [3.05, 3.63) is 10.9 Å². The zero-order chi connectivity index (χ0) is 13.2. The maximum absolute atomic E-state index is 12.0. The lowest BCUT2D eigenvalue weighted by molar-refractivity contribution is -0.115. The second-order valence-corrected chi connectivity index (χ2v) is 4.62. The Labute approximate surface area is 100 Å². The van der Waals surface area contributed by atoms with Crippen molar-refractivity contribution in [3.8, 4) is 0 Å². The first kappa shape index (κ1) is 13.6. The number of anilines is 2. The highest BCUT2D eigenvalue weighted by Crippen LogP contribution is 2.30. The van der Waals surface area contributed by atoms with E-state index in [1.165, 1.54) is 11.0 Å². The molecule has 17 heavy (non-hydrogen) atoms. The van der Waals surface area contributed by atoms with E-state index in [0.717, 1.165) is 11.3 Å². The van der Waals surface area contributed by atoms with Crippen LogP contribution in [0.4, 0.5) is 23.9 Å². The fraction of sp³-hybridized carbons (Fsp3) is 0.444. The van der Waals surface area contributed by atoms with Gasteiger partial charge in [0.05, 0.1) is 10.7 Å². The van der Waals surface area contributed by atoms with Crippen molar-refractivity contribution in [1.29, 1.82) is 0 Å². The van der Waals surface area contributed by atoms with Crippen molar-refractivity contribution in [1.82, 2.24) is 4.90 Å². The number of hydrogen-bond acceptors (Lipinski definition) is 4. The van der Waals surface area contributed by atoms with E-state index < -0.39 is 12.7 Å². The summed E-state index contributed by atoms with van der Waals surface area (Å²) >= 11 is 0.909. The molecule has 0 aliphatic heterocycles. The van der Waals surface area contributed by atoms with E-state index in [1.54, 1.807) is 14.1 Å². The molecule has 0 fully saturated rings. The Morgan fingerprint density at radius 2 is 2.12 bits per heavy atom. The molecule has 0 atom stereocenters. The summed E-state index contributed by atoms with van der Waals surface area (Å²) in [7, 11) is 3.09. The third-order valence-corrected chi connectivity index (χ3v) is 2.92. The molecule has 0 saturated heterocycles. The van der Waals surface area contributed by atoms with Crippen molar-refractivity contribution in [2.75, 3.05) is 31.7 Å². The third-order valence-electron chi connectivity index (χ3n) is 1.82. The molecule has 1 heterocycles. The summed E-state index contributed by atoms with van der Waals surface area (Å²) in [6, 6.07) is 1.33. The monoisotopic (exact) mass is 267 g/mol. The lowest BCUT2D eigenvalue weighted by Crippen LogP contribution is -2.21. The van der Waals surface area contributed by atoms with Crippen LogP contribution in [0.2, 0.25) is 0 Å². The van der Waals surface area contributed by atoms with Crippen LogP contribution in [0.15, 0.2) is 6.07 Å². The van der Waals surface area contributed by atoms with Gasteiger partial charge in [-0.3, -0.25) is 4.79 Å². The first-order valence-corrected chi connectivity index (χ1v) is 5.44. The number of carbonyl (C=O) groups is 1. The highest BCUT2D eigenvalue weighted by atomic mass is 32.1. The highest BCUT2D eigenvalue weighted by molar-refractivity contribution is 7.18. The fourth-order valence-corrected chi connectivity index (χ4v) is 2.05. The summed E-state index contributed by atoms with van der Waals surface area (Å²) in [6.45, 7) is -1.15. The molecule has 0 unspecified atom stereocenters. The van der Waals surface area contributed by atoms with Gasteiger partial charge in [0.25, 0.3) is 5.91 Å². The Kier molecular flexibility index (Phi) is 3.87. The molecule has 1 aromatic heterocycles. The highest BCUT2D eigenvalue weighted by Gasteiger charge is 2.27. The summed E-state index contributed by atoms with van der Waals surface area (Å²) in [6.07, 6.45) is -4.30. The normalized spacial score (nSPS) is 11.4. The summed E-state index contributed by atoms with van der Waals surface area (Å²) in [5.74, 6) is -0.326. The molecular formula is C9H12F3N3OS. The molecule has 1 rings (SSSR count). The Balaban J connectivity index is 2.79. The molecule has 0 aliphatic carbocycles. The van der Waals surface area contributed by atoms with E-state index >= 15 is 0 Å². The van der Waals surface area contributed by atoms with Gasteiger partial charge < -0.3 is 16.0 Å². The zero-order valence-electron chi connectivity index (χ0n) is 9.26. The largest absolute Gasteiger partial charge is 0.405 e. The average Bonchev–Trinajstić information content (AvgIpc) is 2.54. The van der Waals surface area contributed by atoms with Crippen molar-refractivity contribution in [2.24, 2.45) is 0 Å². The molecule has 0 aliphatic rings. The van der Waals surface area contributed by atoms with E-state index in [9.17, 15) is 18.0 Å². The van der Waals surface area contributed by atoms with Crippen LogP contribution in [0.25, 0.3) is 0 Å². The SMILES string of the molecule is CN(C)C(=O)c1sc(NCC(F)(F)F)cc1N. The van der Waals surface area contributed by atoms with E-state index in [4.69, 9.17) is 5.73 Å². The van der Waals surface area contributed by atoms with Crippen molar-refractivity contribution < 1.29 is 18.0 Å². The van der Waals surface area contributed by atoms with Crippen molar-refractivity contribution in [2.45, 2.75) is 6.18 Å². The van der Waals surface area contributed by atoms with E-state index in [0.29, 0.717) is 0 Å². The van der Waals surface area contributed by atoms with E-state index in [2.05, 4.69) is 5.32 Å². The van der Waals surface area contributed by atoms with E-state index in [1.807, 2.05) is 0 Å². The first-order chi connectivity index (χ1) is 7.70. The summed E-state index contributed by atoms with van der Waals surface area (Å²) in [4.78, 5) is 13.1. The molecule has 8 heteroatoms. The number of nitrogens with two attached hydrogens (primary N) is 1. The number of hydrogen-bond donors (Lipinski definition) is 2. The van der Waals surface area contributed by atoms with Gasteiger partial charge in [0.15, 0.2) is 0 Å². The predicted molar refractivity (Wildman–Crippen MR) is 61.3 cm³/mol. The number of amides is 1. The molecule has 4 nitrogen and oxygen atoms in total. The number of nitrogens with zero attached hydrogens (tertiary/aromatic N) is 1. The van der Waals surface area contributed by atoms with Gasteiger partial charge in [-0.15, -0.1) is 11.3 Å². The van der Waals surface area contributed by atoms with Gasteiger partial charge in [-0.2, -0.15) is 13.2 Å². The second-order valence-electron chi connectivity index (χ2n) is 3.56. The van der Waals surface area contributed by atoms with Crippen LogP contribution in [-0.4, -0.2) is 37.6 Å². The first-order valence-electron chi connectivity index (χ1n) is 4.62.